The highest BCUT2D eigenvalue weighted by Crippen LogP contribution is 2.47. The highest BCUT2D eigenvalue weighted by Gasteiger charge is 2.49. The normalized spacial score (nSPS) is 28.4. The molecule has 0 aliphatic heterocycles. The fraction of sp³-hybridized carbons (Fsp3) is 0.529. The minimum absolute atomic E-state index is 0.000130. The van der Waals surface area contributed by atoms with Crippen LogP contribution in [-0.2, 0) is 4.79 Å². The Morgan fingerprint density at radius 3 is 2.52 bits per heavy atom. The number of nitrogens with one attached hydrogen (secondary N) is 3. The molecule has 6 heteroatoms. The van der Waals surface area contributed by atoms with Crippen LogP contribution in [0, 0.1) is 17.8 Å². The molecule has 0 radical (unpaired) electrons. The van der Waals surface area contributed by atoms with Crippen molar-refractivity contribution in [2.45, 2.75) is 32.2 Å². The van der Waals surface area contributed by atoms with E-state index in [9.17, 15) is 9.59 Å². The minimum atomic E-state index is -0.258. The Kier molecular flexibility index (Phi) is 4.52. The van der Waals surface area contributed by atoms with Gasteiger partial charge in [-0.15, -0.1) is 0 Å². The van der Waals surface area contributed by atoms with E-state index in [4.69, 9.17) is 5.73 Å². The number of hydrogen-bond acceptors (Lipinski definition) is 3. The van der Waals surface area contributed by atoms with Crippen molar-refractivity contribution < 1.29 is 9.59 Å². The summed E-state index contributed by atoms with van der Waals surface area (Å²) in [5, 5.41) is 8.36. The molecule has 2 aliphatic carbocycles. The topological polar surface area (TPSA) is 96.2 Å². The molecule has 0 spiro atoms. The molecule has 1 aromatic rings. The van der Waals surface area contributed by atoms with Crippen LogP contribution in [0.25, 0.3) is 0 Å². The number of hydrogen-bond donors (Lipinski definition) is 4. The minimum Gasteiger partial charge on any atom is -0.338 e. The second kappa shape index (κ2) is 6.58. The molecule has 23 heavy (non-hydrogen) atoms. The van der Waals surface area contributed by atoms with E-state index in [1.165, 1.54) is 0 Å². The molecule has 0 heterocycles. The first-order valence-electron chi connectivity index (χ1n) is 8.30. The van der Waals surface area contributed by atoms with E-state index < -0.39 is 0 Å². The molecular weight excluding hydrogens is 292 g/mol. The molecule has 124 valence electrons. The maximum absolute atomic E-state index is 12.6. The van der Waals surface area contributed by atoms with Gasteiger partial charge in [0.15, 0.2) is 0 Å². The van der Waals surface area contributed by atoms with Gasteiger partial charge in [-0.3, -0.25) is 4.79 Å². The molecule has 2 bridgehead atoms. The van der Waals surface area contributed by atoms with E-state index in [1.54, 1.807) is 18.2 Å². The molecule has 1 aromatic carbocycles. The second-order valence-electron chi connectivity index (χ2n) is 6.49. The van der Waals surface area contributed by atoms with Gasteiger partial charge in [-0.1, -0.05) is 6.07 Å². The molecule has 2 fully saturated rings. The summed E-state index contributed by atoms with van der Waals surface area (Å²) in [5.41, 5.74) is 7.55. The van der Waals surface area contributed by atoms with E-state index in [-0.39, 0.29) is 23.9 Å². The van der Waals surface area contributed by atoms with Crippen LogP contribution < -0.4 is 21.7 Å². The van der Waals surface area contributed by atoms with Gasteiger partial charge < -0.3 is 21.7 Å². The summed E-state index contributed by atoms with van der Waals surface area (Å²) in [5.74, 6) is 0.835. The van der Waals surface area contributed by atoms with Crippen molar-refractivity contribution in [3.8, 4) is 0 Å². The SMILES string of the molecule is CCNC(=O)Nc1cccc(NC(=O)C2C3CCC(C3)C2N)c1. The number of anilines is 2. The number of fused-ring (bicyclic) bond motifs is 2. The van der Waals surface area contributed by atoms with Gasteiger partial charge in [-0.2, -0.15) is 0 Å². The van der Waals surface area contributed by atoms with E-state index in [2.05, 4.69) is 16.0 Å². The van der Waals surface area contributed by atoms with Gasteiger partial charge in [0.1, 0.15) is 0 Å². The molecule has 6 nitrogen and oxygen atoms in total. The number of carbonyl (C=O) groups is 2. The summed E-state index contributed by atoms with van der Waals surface area (Å²) in [4.78, 5) is 24.1. The zero-order chi connectivity index (χ0) is 16.4. The highest BCUT2D eigenvalue weighted by molar-refractivity contribution is 5.95. The second-order valence-corrected chi connectivity index (χ2v) is 6.49. The van der Waals surface area contributed by atoms with Crippen molar-refractivity contribution in [1.29, 1.82) is 0 Å². The van der Waals surface area contributed by atoms with E-state index >= 15 is 0 Å². The molecule has 2 saturated carbocycles. The van der Waals surface area contributed by atoms with Gasteiger partial charge in [-0.25, -0.2) is 4.79 Å². The fourth-order valence-corrected chi connectivity index (χ4v) is 3.96. The first kappa shape index (κ1) is 15.8. The van der Waals surface area contributed by atoms with Gasteiger partial charge in [-0.05, 0) is 56.2 Å². The summed E-state index contributed by atoms with van der Waals surface area (Å²) in [6.07, 6.45) is 3.34. The maximum atomic E-state index is 12.6. The fourth-order valence-electron chi connectivity index (χ4n) is 3.96. The number of amides is 3. The summed E-state index contributed by atoms with van der Waals surface area (Å²) >= 11 is 0. The van der Waals surface area contributed by atoms with Crippen molar-refractivity contribution in [1.82, 2.24) is 5.32 Å². The molecule has 3 rings (SSSR count). The summed E-state index contributed by atoms with van der Waals surface area (Å²) in [7, 11) is 0. The number of urea groups is 1. The lowest BCUT2D eigenvalue weighted by atomic mass is 9.84. The maximum Gasteiger partial charge on any atom is 0.319 e. The molecule has 3 amide bonds. The summed E-state index contributed by atoms with van der Waals surface area (Å²) < 4.78 is 0. The van der Waals surface area contributed by atoms with Crippen LogP contribution in [-0.4, -0.2) is 24.5 Å². The molecule has 4 unspecified atom stereocenters. The van der Waals surface area contributed by atoms with Crippen LogP contribution in [0.1, 0.15) is 26.2 Å². The van der Waals surface area contributed by atoms with Crippen molar-refractivity contribution >= 4 is 23.3 Å². The van der Waals surface area contributed by atoms with Crippen LogP contribution in [0.4, 0.5) is 16.2 Å². The Bertz CT molecular complexity index is 602. The highest BCUT2D eigenvalue weighted by atomic mass is 16.2. The lowest BCUT2D eigenvalue weighted by Crippen LogP contribution is -2.42. The monoisotopic (exact) mass is 316 g/mol. The van der Waals surface area contributed by atoms with Crippen molar-refractivity contribution in [3.05, 3.63) is 24.3 Å². The predicted molar refractivity (Wildman–Crippen MR) is 90.1 cm³/mol. The van der Waals surface area contributed by atoms with Gasteiger partial charge in [0, 0.05) is 24.0 Å². The third-order valence-corrected chi connectivity index (χ3v) is 5.01. The number of carbonyl (C=O) groups excluding carboxylic acids is 2. The third-order valence-electron chi connectivity index (χ3n) is 5.01. The van der Waals surface area contributed by atoms with Gasteiger partial charge in [0.05, 0.1) is 5.92 Å². The predicted octanol–water partition coefficient (Wildman–Crippen LogP) is 2.14. The number of benzene rings is 1. The molecular formula is C17H24N4O2. The molecule has 2 aliphatic rings. The Morgan fingerprint density at radius 1 is 1.17 bits per heavy atom. The number of nitrogens with two attached hydrogens (primary N) is 1. The van der Waals surface area contributed by atoms with Crippen molar-refractivity contribution in [2.24, 2.45) is 23.5 Å². The van der Waals surface area contributed by atoms with Gasteiger partial charge >= 0.3 is 6.03 Å². The average molecular weight is 316 g/mol. The Balaban J connectivity index is 1.64. The summed E-state index contributed by atoms with van der Waals surface area (Å²) in [6.45, 7) is 2.42. The van der Waals surface area contributed by atoms with Crippen LogP contribution >= 0.6 is 0 Å². The third kappa shape index (κ3) is 3.32. The largest absolute Gasteiger partial charge is 0.338 e. The standard InChI is InChI=1S/C17H24N4O2/c1-2-19-17(23)21-13-5-3-4-12(9-13)20-16(22)14-10-6-7-11(8-10)15(14)18/h3-5,9-11,14-15H,2,6-8,18H2,1H3,(H,20,22)(H2,19,21,23). The Hall–Kier alpha value is -2.08. The Morgan fingerprint density at radius 2 is 1.87 bits per heavy atom. The average Bonchev–Trinajstić information content (AvgIpc) is 3.08. The van der Waals surface area contributed by atoms with Crippen molar-refractivity contribution in [2.75, 3.05) is 17.2 Å². The van der Waals surface area contributed by atoms with Crippen LogP contribution in [0.3, 0.4) is 0 Å². The molecule has 5 N–H and O–H groups in total. The smallest absolute Gasteiger partial charge is 0.319 e. The van der Waals surface area contributed by atoms with E-state index in [0.717, 1.165) is 19.3 Å². The lowest BCUT2D eigenvalue weighted by Gasteiger charge is -2.27. The molecule has 0 saturated heterocycles. The van der Waals surface area contributed by atoms with Gasteiger partial charge in [0.2, 0.25) is 5.91 Å². The molecule has 4 atom stereocenters. The first-order valence-corrected chi connectivity index (χ1v) is 8.30. The quantitative estimate of drug-likeness (QED) is 0.685. The van der Waals surface area contributed by atoms with Crippen LogP contribution in [0.15, 0.2) is 24.3 Å². The summed E-state index contributed by atoms with van der Waals surface area (Å²) in [6, 6.07) is 6.88. The first-order chi connectivity index (χ1) is 11.1. The zero-order valence-electron chi connectivity index (χ0n) is 13.3. The Labute approximate surface area is 136 Å². The number of rotatable bonds is 4. The van der Waals surface area contributed by atoms with Crippen LogP contribution in [0.5, 0.6) is 0 Å². The lowest BCUT2D eigenvalue weighted by molar-refractivity contribution is -0.121. The van der Waals surface area contributed by atoms with Gasteiger partial charge in [0.25, 0.3) is 0 Å². The van der Waals surface area contributed by atoms with Crippen molar-refractivity contribution in [3.63, 3.8) is 0 Å². The molecule has 0 aromatic heterocycles. The van der Waals surface area contributed by atoms with E-state index in [0.29, 0.717) is 29.8 Å². The van der Waals surface area contributed by atoms with Crippen LogP contribution in [0.2, 0.25) is 0 Å². The zero-order valence-corrected chi connectivity index (χ0v) is 13.3. The van der Waals surface area contributed by atoms with E-state index in [1.807, 2.05) is 13.0 Å².